The van der Waals surface area contributed by atoms with Gasteiger partial charge < -0.3 is 15.5 Å². The van der Waals surface area contributed by atoms with Crippen LogP contribution in [0.5, 0.6) is 0 Å². The molecule has 0 heterocycles. The molecule has 0 aromatic heterocycles. The molecule has 0 bridgehead atoms. The maximum absolute atomic E-state index is 12.5. The number of sulfone groups is 1. The Bertz CT molecular complexity index is 1010. The molecule has 3 N–H and O–H groups in total. The van der Waals surface area contributed by atoms with E-state index >= 15 is 0 Å². The molecule has 0 aliphatic carbocycles. The third-order valence-electron chi connectivity index (χ3n) is 4.75. The predicted molar refractivity (Wildman–Crippen MR) is 111 cm³/mol. The number of nitrogens with one attached hydrogen (secondary N) is 1. The highest BCUT2D eigenvalue weighted by Gasteiger charge is 2.24. The van der Waals surface area contributed by atoms with Gasteiger partial charge in [0.1, 0.15) is 0 Å². The topological polar surface area (TPSA) is 86.6 Å². The fourth-order valence-electron chi connectivity index (χ4n) is 3.23. The Hall–Kier alpha value is -1.70. The summed E-state index contributed by atoms with van der Waals surface area (Å²) < 4.78 is 25.0. The van der Waals surface area contributed by atoms with Gasteiger partial charge in [-0.05, 0) is 23.3 Å². The van der Waals surface area contributed by atoms with Crippen molar-refractivity contribution in [3.05, 3.63) is 54.1 Å². The van der Waals surface area contributed by atoms with Crippen LogP contribution in [0.4, 0.5) is 0 Å². The van der Waals surface area contributed by atoms with E-state index in [0.717, 1.165) is 16.3 Å². The Kier molecular flexibility index (Phi) is 6.50. The van der Waals surface area contributed by atoms with Crippen LogP contribution < -0.4 is 5.32 Å². The number of hydrogen-bond donors (Lipinski definition) is 3. The number of hydrogen-bond acceptors (Lipinski definition) is 5. The van der Waals surface area contributed by atoms with Crippen LogP contribution in [0.25, 0.3) is 21.5 Å². The smallest absolute Gasteiger partial charge is 0.176 e. The first-order chi connectivity index (χ1) is 12.3. The number of aliphatic hydroxyl groups excluding tert-OH is 2. The minimum atomic E-state index is -3.43. The van der Waals surface area contributed by atoms with E-state index in [0.29, 0.717) is 22.2 Å². The van der Waals surface area contributed by atoms with Crippen molar-refractivity contribution in [2.24, 2.45) is 0 Å². The zero-order chi connectivity index (χ0) is 18.9. The third-order valence-corrected chi connectivity index (χ3v) is 5.94. The lowest BCUT2D eigenvalue weighted by Gasteiger charge is -2.27. The van der Waals surface area contributed by atoms with E-state index in [9.17, 15) is 18.6 Å². The van der Waals surface area contributed by atoms with E-state index in [2.05, 4.69) is 5.32 Å². The van der Waals surface area contributed by atoms with Crippen LogP contribution in [-0.2, 0) is 16.4 Å². The molecule has 0 amide bonds. The minimum Gasteiger partial charge on any atom is -0.394 e. The van der Waals surface area contributed by atoms with Gasteiger partial charge in [-0.2, -0.15) is 0 Å². The molecule has 0 aliphatic rings. The van der Waals surface area contributed by atoms with Gasteiger partial charge in [0.05, 0.1) is 23.6 Å². The monoisotopic (exact) mass is 409 g/mol. The molecule has 0 aliphatic heterocycles. The molecule has 0 radical (unpaired) electrons. The third kappa shape index (κ3) is 4.10. The standard InChI is InChI=1S/C20H23NO4S.ClH/c1-20(12-22,13-23)21-11-18-14-7-3-5-9-16(14)19(26(2,24)25)17-10-6-4-8-15(17)18;/h3-10,21-23H,11-13H2,1-2H3;1H. The summed E-state index contributed by atoms with van der Waals surface area (Å²) in [6.45, 7) is 1.71. The van der Waals surface area contributed by atoms with Gasteiger partial charge in [-0.15, -0.1) is 12.4 Å². The van der Waals surface area contributed by atoms with Crippen LogP contribution in [0.3, 0.4) is 0 Å². The lowest BCUT2D eigenvalue weighted by Crippen LogP contribution is -2.48. The second-order valence-electron chi connectivity index (χ2n) is 6.90. The molecule has 5 nitrogen and oxygen atoms in total. The fraction of sp³-hybridized carbons (Fsp3) is 0.300. The van der Waals surface area contributed by atoms with Gasteiger partial charge in [0.15, 0.2) is 9.84 Å². The van der Waals surface area contributed by atoms with Gasteiger partial charge in [0.25, 0.3) is 0 Å². The van der Waals surface area contributed by atoms with Crippen molar-refractivity contribution < 1.29 is 18.6 Å². The van der Waals surface area contributed by atoms with Crippen molar-refractivity contribution >= 4 is 43.8 Å². The van der Waals surface area contributed by atoms with Gasteiger partial charge in [-0.25, -0.2) is 8.42 Å². The first kappa shape index (κ1) is 21.6. The van der Waals surface area contributed by atoms with Gasteiger partial charge in [-0.3, -0.25) is 0 Å². The van der Waals surface area contributed by atoms with Crippen molar-refractivity contribution in [1.82, 2.24) is 5.32 Å². The quantitative estimate of drug-likeness (QED) is 0.545. The number of halogens is 1. The van der Waals surface area contributed by atoms with Gasteiger partial charge in [0, 0.05) is 23.6 Å². The Morgan fingerprint density at radius 1 is 0.889 bits per heavy atom. The Morgan fingerprint density at radius 3 is 1.67 bits per heavy atom. The second kappa shape index (κ2) is 8.12. The van der Waals surface area contributed by atoms with Crippen LogP contribution in [0.1, 0.15) is 12.5 Å². The molecule has 3 rings (SSSR count). The van der Waals surface area contributed by atoms with E-state index in [-0.39, 0.29) is 25.6 Å². The molecule has 7 heteroatoms. The molecular formula is C20H24ClNO4S. The molecule has 0 saturated heterocycles. The Morgan fingerprint density at radius 2 is 1.30 bits per heavy atom. The lowest BCUT2D eigenvalue weighted by molar-refractivity contribution is 0.103. The predicted octanol–water partition coefficient (Wildman–Crippen LogP) is 2.65. The Labute approximate surface area is 165 Å². The molecule has 146 valence electrons. The molecule has 0 saturated carbocycles. The van der Waals surface area contributed by atoms with E-state index in [1.807, 2.05) is 48.5 Å². The highest BCUT2D eigenvalue weighted by molar-refractivity contribution is 7.91. The average Bonchev–Trinajstić information content (AvgIpc) is 2.63. The zero-order valence-corrected chi connectivity index (χ0v) is 16.9. The molecular weight excluding hydrogens is 386 g/mol. The van der Waals surface area contributed by atoms with Crippen LogP contribution in [-0.4, -0.2) is 43.6 Å². The van der Waals surface area contributed by atoms with Crippen molar-refractivity contribution in [2.75, 3.05) is 19.5 Å². The maximum Gasteiger partial charge on any atom is 0.176 e. The molecule has 0 atom stereocenters. The number of benzene rings is 3. The summed E-state index contributed by atoms with van der Waals surface area (Å²) in [6.07, 6.45) is 1.23. The SMILES string of the molecule is CC(CO)(CO)NCc1c2ccccc2c(S(C)(=O)=O)c2ccccc12.Cl. The molecule has 0 spiro atoms. The summed E-state index contributed by atoms with van der Waals surface area (Å²) in [4.78, 5) is 0.333. The van der Waals surface area contributed by atoms with Crippen molar-refractivity contribution in [3.63, 3.8) is 0 Å². The zero-order valence-electron chi connectivity index (χ0n) is 15.3. The number of aliphatic hydroxyl groups is 2. The van der Waals surface area contributed by atoms with Crippen LogP contribution in [0, 0.1) is 0 Å². The van der Waals surface area contributed by atoms with E-state index in [1.165, 1.54) is 6.26 Å². The molecule has 3 aromatic carbocycles. The summed E-state index contributed by atoms with van der Waals surface area (Å²) >= 11 is 0. The largest absolute Gasteiger partial charge is 0.394 e. The van der Waals surface area contributed by atoms with Gasteiger partial charge in [0.2, 0.25) is 0 Å². The van der Waals surface area contributed by atoms with E-state index in [1.54, 1.807) is 6.92 Å². The maximum atomic E-state index is 12.5. The summed E-state index contributed by atoms with van der Waals surface area (Å²) in [7, 11) is -3.43. The van der Waals surface area contributed by atoms with Crippen molar-refractivity contribution in [3.8, 4) is 0 Å². The lowest BCUT2D eigenvalue weighted by atomic mass is 9.95. The van der Waals surface area contributed by atoms with Crippen molar-refractivity contribution in [1.29, 1.82) is 0 Å². The molecule has 27 heavy (non-hydrogen) atoms. The number of fused-ring (bicyclic) bond motifs is 2. The second-order valence-corrected chi connectivity index (χ2v) is 8.85. The van der Waals surface area contributed by atoms with E-state index < -0.39 is 15.4 Å². The van der Waals surface area contributed by atoms with Gasteiger partial charge >= 0.3 is 0 Å². The van der Waals surface area contributed by atoms with Crippen LogP contribution in [0.2, 0.25) is 0 Å². The Balaban J connectivity index is 0.00000261. The first-order valence-corrected chi connectivity index (χ1v) is 10.3. The summed E-state index contributed by atoms with van der Waals surface area (Å²) in [6, 6.07) is 14.9. The van der Waals surface area contributed by atoms with E-state index in [4.69, 9.17) is 0 Å². The summed E-state index contributed by atoms with van der Waals surface area (Å²) in [5.74, 6) is 0. The minimum absolute atomic E-state index is 0. The summed E-state index contributed by atoms with van der Waals surface area (Å²) in [5.41, 5.74) is 0.120. The first-order valence-electron chi connectivity index (χ1n) is 8.40. The average molecular weight is 410 g/mol. The molecule has 0 fully saturated rings. The van der Waals surface area contributed by atoms with Crippen LogP contribution >= 0.6 is 12.4 Å². The molecule has 0 unspecified atom stereocenters. The highest BCUT2D eigenvalue weighted by atomic mass is 35.5. The van der Waals surface area contributed by atoms with Gasteiger partial charge in [-0.1, -0.05) is 48.5 Å². The van der Waals surface area contributed by atoms with Crippen molar-refractivity contribution in [2.45, 2.75) is 23.9 Å². The highest BCUT2D eigenvalue weighted by Crippen LogP contribution is 2.35. The number of rotatable bonds is 6. The fourth-order valence-corrected chi connectivity index (χ4v) is 4.39. The van der Waals surface area contributed by atoms with Crippen LogP contribution in [0.15, 0.2) is 53.4 Å². The summed E-state index contributed by atoms with van der Waals surface area (Å²) in [5, 5.41) is 25.3. The molecule has 3 aromatic rings. The normalized spacial score (nSPS) is 12.3.